The number of phosphoric ester groups is 1. The van der Waals surface area contributed by atoms with Crippen LogP contribution in [-0.4, -0.2) is 67.7 Å². The second-order valence-electron chi connectivity index (χ2n) is 8.03. The monoisotopic (exact) mass is 651 g/mol. The molecule has 0 aliphatic carbocycles. The summed E-state index contributed by atoms with van der Waals surface area (Å²) in [5.74, 6) is 1.11. The second-order valence-corrected chi connectivity index (χ2v) is 12.8. The van der Waals surface area contributed by atoms with Gasteiger partial charge in [-0.25, -0.2) is 13.7 Å². The first-order valence-corrected chi connectivity index (χ1v) is 16.2. The molecule has 2 heterocycles. The van der Waals surface area contributed by atoms with Crippen molar-refractivity contribution in [3.63, 3.8) is 0 Å². The number of nitrogens with zero attached hydrogens (tertiary/aromatic N) is 2. The lowest BCUT2D eigenvalue weighted by atomic mass is 10.1. The maximum absolute atomic E-state index is 12.3. The van der Waals surface area contributed by atoms with E-state index < -0.39 is 65.9 Å². The fraction of sp³-hybridized carbons (Fsp3) is 0.588. The molecule has 1 aliphatic rings. The van der Waals surface area contributed by atoms with E-state index in [1.807, 2.05) is 4.98 Å². The van der Waals surface area contributed by atoms with Crippen LogP contribution in [0.15, 0.2) is 26.9 Å². The summed E-state index contributed by atoms with van der Waals surface area (Å²) >= 11 is 4.10. The lowest BCUT2D eigenvalue weighted by molar-refractivity contribution is -0.339. The lowest BCUT2D eigenvalue weighted by Crippen LogP contribution is -2.38. The summed E-state index contributed by atoms with van der Waals surface area (Å²) in [7, 11) is -18.0. The van der Waals surface area contributed by atoms with Gasteiger partial charge < -0.3 is 44.8 Å². The summed E-state index contributed by atoms with van der Waals surface area (Å²) in [4.78, 5) is 72.2. The zero-order chi connectivity index (χ0) is 30.3. The van der Waals surface area contributed by atoms with Gasteiger partial charge in [-0.3, -0.25) is 32.7 Å². The van der Waals surface area contributed by atoms with Gasteiger partial charge in [-0.15, -0.1) is 0 Å². The number of aliphatic imine (C=N–C) groups is 1. The number of thiol groups is 1. The highest BCUT2D eigenvalue weighted by Gasteiger charge is 2.45. The Bertz CT molecular complexity index is 1340. The van der Waals surface area contributed by atoms with Crippen molar-refractivity contribution >= 4 is 48.0 Å². The van der Waals surface area contributed by atoms with Crippen molar-refractivity contribution in [1.29, 1.82) is 0 Å². The van der Waals surface area contributed by atoms with Gasteiger partial charge in [0.1, 0.15) is 18.3 Å². The minimum atomic E-state index is -6.17. The summed E-state index contributed by atoms with van der Waals surface area (Å²) in [6.07, 6.45) is -1.10. The lowest BCUT2D eigenvalue weighted by Gasteiger charge is -2.35. The van der Waals surface area contributed by atoms with Gasteiger partial charge in [-0.05, 0) is 18.6 Å². The minimum absolute atomic E-state index is 0.0815. The molecule has 6 unspecified atom stereocenters. The maximum Gasteiger partial charge on any atom is 0.478 e. The molecule has 0 amide bonds. The number of aliphatic hydroxyl groups excluding tert-OH is 2. The molecule has 2 rings (SSSR count). The number of hydrogen-bond donors (Lipinski definition) is 6. The number of hydrogen-bond acceptors (Lipinski definition) is 16. The summed E-state index contributed by atoms with van der Waals surface area (Å²) in [6.45, 7) is -1.04. The van der Waals surface area contributed by atoms with Gasteiger partial charge in [0.05, 0.1) is 32.4 Å². The third-order valence-corrected chi connectivity index (χ3v) is 8.97. The van der Waals surface area contributed by atoms with E-state index in [0.29, 0.717) is 22.6 Å². The summed E-state index contributed by atoms with van der Waals surface area (Å²) in [5.41, 5.74) is 3.83. The fourth-order valence-electron chi connectivity index (χ4n) is 3.21. The molecule has 6 atom stereocenters. The molecule has 1 saturated heterocycles. The van der Waals surface area contributed by atoms with Crippen LogP contribution in [0, 0.1) is 0 Å². The third kappa shape index (κ3) is 11.1. The molecule has 6 N–H and O–H groups in total. The Morgan fingerprint density at radius 3 is 2.50 bits per heavy atom. The van der Waals surface area contributed by atoms with Crippen molar-refractivity contribution in [1.82, 2.24) is 9.55 Å². The largest absolute Gasteiger partial charge is 0.790 e. The molecule has 1 aromatic rings. The van der Waals surface area contributed by atoms with E-state index in [-0.39, 0.29) is 12.1 Å². The number of aromatic amines is 1. The predicted octanol–water partition coefficient (Wildman–Crippen LogP) is -2.93. The van der Waals surface area contributed by atoms with Crippen LogP contribution < -0.4 is 31.7 Å². The zero-order valence-electron chi connectivity index (χ0n) is 20.3. The Morgan fingerprint density at radius 1 is 1.20 bits per heavy atom. The molecule has 0 spiro atoms. The SMILES string of the molecule is NC(CCCCS)=NC/C=C/c1cn(C2OC(COP(=O)(O)OP(=O)([O-])OP(=O)([O-])[O-])C(O)C2O)c(=O)[nH]c1=O. The first kappa shape index (κ1) is 34.7. The number of H-pyrrole nitrogens is 1. The van der Waals surface area contributed by atoms with Crippen molar-refractivity contribution in [3.8, 4) is 0 Å². The number of ether oxygens (including phenoxy) is 1. The van der Waals surface area contributed by atoms with E-state index >= 15 is 0 Å². The van der Waals surface area contributed by atoms with Crippen molar-refractivity contribution in [2.45, 2.75) is 43.8 Å². The Kier molecular flexibility index (Phi) is 12.7. The Hall–Kier alpha value is -1.47. The summed E-state index contributed by atoms with van der Waals surface area (Å²) < 4.78 is 50.4. The fourth-order valence-corrected chi connectivity index (χ4v) is 6.33. The second kappa shape index (κ2) is 14.6. The molecule has 0 aromatic carbocycles. The summed E-state index contributed by atoms with van der Waals surface area (Å²) in [6, 6.07) is 0. The van der Waals surface area contributed by atoms with Crippen LogP contribution >= 0.6 is 36.1 Å². The van der Waals surface area contributed by atoms with E-state index in [0.717, 1.165) is 19.0 Å². The number of amidine groups is 1. The standard InChI is InChI=1S/C17H29N4O15P3S/c18-12(5-1-2-7-40)19-6-3-4-10-8-21(17(25)20-15(10)24)16-14(23)13(22)11(34-16)9-33-38(29,30)36-39(31,32)35-37(26,27)28/h3-4,8,11,13-14,16,22-23,40H,1-2,5-7,9H2,(H2,18,19)(H,29,30)(H,31,32)(H,20,24,25)(H2,26,27,28)/p-3/b4-3+. The van der Waals surface area contributed by atoms with Crippen LogP contribution in [0.25, 0.3) is 6.08 Å². The number of nitrogens with two attached hydrogens (primary N) is 1. The Balaban J connectivity index is 2.11. The molecule has 40 heavy (non-hydrogen) atoms. The Labute approximate surface area is 231 Å². The molecule has 19 nitrogen and oxygen atoms in total. The van der Waals surface area contributed by atoms with Crippen LogP contribution in [0.2, 0.25) is 0 Å². The maximum atomic E-state index is 12.3. The smallest absolute Gasteiger partial charge is 0.478 e. The van der Waals surface area contributed by atoms with E-state index in [4.69, 9.17) is 10.5 Å². The van der Waals surface area contributed by atoms with Crippen LogP contribution in [0.5, 0.6) is 0 Å². The first-order chi connectivity index (χ1) is 18.4. The van der Waals surface area contributed by atoms with E-state index in [2.05, 4.69) is 30.8 Å². The molecule has 1 aliphatic heterocycles. The summed E-state index contributed by atoms with van der Waals surface area (Å²) in [5, 5.41) is 20.6. The molecule has 228 valence electrons. The molecule has 0 radical (unpaired) electrons. The van der Waals surface area contributed by atoms with E-state index in [1.165, 1.54) is 12.2 Å². The van der Waals surface area contributed by atoms with Crippen LogP contribution in [0.4, 0.5) is 0 Å². The van der Waals surface area contributed by atoms with Crippen molar-refractivity contribution in [3.05, 3.63) is 38.7 Å². The van der Waals surface area contributed by atoms with E-state index in [9.17, 15) is 53.1 Å². The van der Waals surface area contributed by atoms with Crippen molar-refractivity contribution in [2.75, 3.05) is 18.9 Å². The minimum Gasteiger partial charge on any atom is -0.790 e. The molecule has 0 bridgehead atoms. The van der Waals surface area contributed by atoms with Crippen LogP contribution in [0.1, 0.15) is 31.1 Å². The van der Waals surface area contributed by atoms with Crippen LogP contribution in [-0.2, 0) is 31.6 Å². The number of aromatic nitrogens is 2. The number of nitrogens with one attached hydrogen (secondary N) is 1. The number of rotatable bonds is 15. The molecular weight excluding hydrogens is 625 g/mol. The molecule has 1 fully saturated rings. The number of phosphoric acid groups is 3. The van der Waals surface area contributed by atoms with Gasteiger partial charge in [0, 0.05) is 12.6 Å². The highest BCUT2D eigenvalue weighted by Crippen LogP contribution is 2.62. The molecular formula is C17H26N4O15P3S-3. The zero-order valence-corrected chi connectivity index (χ0v) is 23.9. The number of unbranched alkanes of at least 4 members (excludes halogenated alkanes) is 1. The Morgan fingerprint density at radius 2 is 1.88 bits per heavy atom. The average molecular weight is 651 g/mol. The van der Waals surface area contributed by atoms with Crippen molar-refractivity contribution < 1.29 is 61.4 Å². The highest BCUT2D eigenvalue weighted by atomic mass is 32.1. The molecule has 0 saturated carbocycles. The molecule has 1 aromatic heterocycles. The highest BCUT2D eigenvalue weighted by molar-refractivity contribution is 7.80. The first-order valence-electron chi connectivity index (χ1n) is 11.1. The van der Waals surface area contributed by atoms with Gasteiger partial charge in [-0.1, -0.05) is 12.2 Å². The van der Waals surface area contributed by atoms with Gasteiger partial charge in [0.25, 0.3) is 13.4 Å². The predicted molar refractivity (Wildman–Crippen MR) is 134 cm³/mol. The normalized spacial score (nSPS) is 25.2. The van der Waals surface area contributed by atoms with Crippen LogP contribution in [0.3, 0.4) is 0 Å². The van der Waals surface area contributed by atoms with Gasteiger partial charge >= 0.3 is 13.5 Å². The van der Waals surface area contributed by atoms with Gasteiger partial charge in [0.15, 0.2) is 6.23 Å². The average Bonchev–Trinajstić information content (AvgIpc) is 3.08. The van der Waals surface area contributed by atoms with E-state index in [1.54, 1.807) is 0 Å². The number of aliphatic hydroxyl groups is 2. The topological polar surface area (TPSA) is 311 Å². The van der Waals surface area contributed by atoms with Crippen molar-refractivity contribution in [2.24, 2.45) is 10.7 Å². The quantitative estimate of drug-likeness (QED) is 0.0363. The molecule has 23 heteroatoms. The third-order valence-electron chi connectivity index (χ3n) is 4.95. The van der Waals surface area contributed by atoms with Gasteiger partial charge in [0.2, 0.25) is 0 Å². The van der Waals surface area contributed by atoms with Gasteiger partial charge in [-0.2, -0.15) is 12.6 Å².